The van der Waals surface area contributed by atoms with E-state index in [2.05, 4.69) is 10.3 Å². The molecule has 106 valence electrons. The molecule has 1 aromatic carbocycles. The molecule has 2 aromatic rings. The lowest BCUT2D eigenvalue weighted by Crippen LogP contribution is -2.23. The lowest BCUT2D eigenvalue weighted by Gasteiger charge is -2.07. The number of carbonyl (C=O) groups is 1. The fraction of sp³-hybridized carbons (Fsp3) is 0.231. The van der Waals surface area contributed by atoms with Gasteiger partial charge in [-0.05, 0) is 26.0 Å². The van der Waals surface area contributed by atoms with Gasteiger partial charge in [0.1, 0.15) is 5.76 Å². The molecule has 0 radical (unpaired) electrons. The topological polar surface area (TPSA) is 81.2 Å². The number of anilines is 1. The van der Waals surface area contributed by atoms with E-state index in [0.29, 0.717) is 11.6 Å². The van der Waals surface area contributed by atoms with E-state index in [4.69, 9.17) is 33.4 Å². The van der Waals surface area contributed by atoms with Crippen LogP contribution in [0.1, 0.15) is 27.7 Å². The monoisotopic (exact) mass is 313 g/mol. The van der Waals surface area contributed by atoms with E-state index in [-0.39, 0.29) is 22.2 Å². The number of carbonyl (C=O) groups excluding carboxylic acids is 1. The van der Waals surface area contributed by atoms with E-state index >= 15 is 0 Å². The average Bonchev–Trinajstić information content (AvgIpc) is 2.70. The smallest absolute Gasteiger partial charge is 0.253 e. The van der Waals surface area contributed by atoms with Crippen LogP contribution in [0.3, 0.4) is 0 Å². The second-order valence-corrected chi connectivity index (χ2v) is 5.08. The van der Waals surface area contributed by atoms with Gasteiger partial charge in [0, 0.05) is 5.69 Å². The number of nitrogen functional groups attached to an aromatic ring is 1. The quantitative estimate of drug-likeness (QED) is 0.853. The highest BCUT2D eigenvalue weighted by Gasteiger charge is 2.15. The van der Waals surface area contributed by atoms with Crippen LogP contribution in [0.25, 0.3) is 0 Å². The zero-order chi connectivity index (χ0) is 14.9. The summed E-state index contributed by atoms with van der Waals surface area (Å²) in [5, 5.41) is 3.06. The van der Waals surface area contributed by atoms with Gasteiger partial charge < -0.3 is 15.5 Å². The van der Waals surface area contributed by atoms with E-state index in [1.807, 2.05) is 13.8 Å². The number of aryl methyl sites for hydroxylation is 2. The van der Waals surface area contributed by atoms with Crippen molar-refractivity contribution in [3.8, 4) is 0 Å². The molecular formula is C13H13Cl2N3O2. The minimum absolute atomic E-state index is 0.163. The SMILES string of the molecule is Cc1nc(CNC(=O)c2cc(N)cc(Cl)c2Cl)oc1C. The Morgan fingerprint density at radius 2 is 2.10 bits per heavy atom. The predicted octanol–water partition coefficient (Wildman–Crippen LogP) is 3.11. The first-order valence-corrected chi connectivity index (χ1v) is 6.59. The summed E-state index contributed by atoms with van der Waals surface area (Å²) in [5.74, 6) is 0.761. The lowest BCUT2D eigenvalue weighted by atomic mass is 10.2. The first kappa shape index (κ1) is 14.7. The number of oxazole rings is 1. The number of amides is 1. The zero-order valence-corrected chi connectivity index (χ0v) is 12.5. The van der Waals surface area contributed by atoms with Gasteiger partial charge in [-0.25, -0.2) is 4.98 Å². The van der Waals surface area contributed by atoms with Crippen molar-refractivity contribution < 1.29 is 9.21 Å². The molecule has 0 saturated heterocycles. The molecular weight excluding hydrogens is 301 g/mol. The van der Waals surface area contributed by atoms with Gasteiger partial charge in [0.2, 0.25) is 5.89 Å². The highest BCUT2D eigenvalue weighted by Crippen LogP contribution is 2.28. The average molecular weight is 314 g/mol. The van der Waals surface area contributed by atoms with Crippen LogP contribution in [-0.4, -0.2) is 10.9 Å². The molecule has 1 amide bonds. The Hall–Kier alpha value is -1.72. The summed E-state index contributed by atoms with van der Waals surface area (Å²) >= 11 is 11.9. The van der Waals surface area contributed by atoms with E-state index < -0.39 is 5.91 Å². The number of benzene rings is 1. The largest absolute Gasteiger partial charge is 0.444 e. The highest BCUT2D eigenvalue weighted by molar-refractivity contribution is 6.44. The highest BCUT2D eigenvalue weighted by atomic mass is 35.5. The molecule has 0 atom stereocenters. The van der Waals surface area contributed by atoms with Crippen LogP contribution in [0.15, 0.2) is 16.5 Å². The van der Waals surface area contributed by atoms with E-state index in [1.165, 1.54) is 12.1 Å². The molecule has 0 unspecified atom stereocenters. The van der Waals surface area contributed by atoms with Gasteiger partial charge in [-0.1, -0.05) is 23.2 Å². The van der Waals surface area contributed by atoms with E-state index in [9.17, 15) is 4.79 Å². The molecule has 5 nitrogen and oxygen atoms in total. The number of rotatable bonds is 3. The normalized spacial score (nSPS) is 10.6. The number of hydrogen-bond acceptors (Lipinski definition) is 4. The van der Waals surface area contributed by atoms with Crippen LogP contribution in [0.2, 0.25) is 10.0 Å². The molecule has 0 aliphatic heterocycles. The van der Waals surface area contributed by atoms with Crippen LogP contribution < -0.4 is 11.1 Å². The summed E-state index contributed by atoms with van der Waals surface area (Å²) in [4.78, 5) is 16.2. The van der Waals surface area contributed by atoms with Crippen LogP contribution in [0.4, 0.5) is 5.69 Å². The maximum Gasteiger partial charge on any atom is 0.253 e. The van der Waals surface area contributed by atoms with Crippen molar-refractivity contribution in [1.29, 1.82) is 0 Å². The Balaban J connectivity index is 2.13. The van der Waals surface area contributed by atoms with Crippen molar-refractivity contribution in [3.05, 3.63) is 45.1 Å². The molecule has 0 saturated carbocycles. The van der Waals surface area contributed by atoms with Crippen LogP contribution >= 0.6 is 23.2 Å². The molecule has 1 heterocycles. The fourth-order valence-corrected chi connectivity index (χ4v) is 2.06. The minimum atomic E-state index is -0.391. The number of hydrogen-bond donors (Lipinski definition) is 2. The molecule has 2 rings (SSSR count). The van der Waals surface area contributed by atoms with Crippen molar-refractivity contribution >= 4 is 34.8 Å². The summed E-state index contributed by atoms with van der Waals surface area (Å²) in [7, 11) is 0. The predicted molar refractivity (Wildman–Crippen MR) is 78.0 cm³/mol. The van der Waals surface area contributed by atoms with Crippen LogP contribution in [-0.2, 0) is 6.54 Å². The molecule has 0 aliphatic carbocycles. The standard InChI is InChI=1S/C13H13Cl2N3O2/c1-6-7(2)20-11(18-6)5-17-13(19)9-3-8(16)4-10(14)12(9)15/h3-4H,5,16H2,1-2H3,(H,17,19). The van der Waals surface area contributed by atoms with Crippen LogP contribution in [0, 0.1) is 13.8 Å². The summed E-state index contributed by atoms with van der Waals surface area (Å²) in [5.41, 5.74) is 7.02. The third-order valence-corrected chi connectivity index (χ3v) is 3.57. The maximum atomic E-state index is 12.1. The lowest BCUT2D eigenvalue weighted by molar-refractivity contribution is 0.0947. The van der Waals surface area contributed by atoms with Gasteiger partial charge in [0.25, 0.3) is 5.91 Å². The van der Waals surface area contributed by atoms with Crippen molar-refractivity contribution in [3.63, 3.8) is 0 Å². The Kier molecular flexibility index (Phi) is 4.20. The zero-order valence-electron chi connectivity index (χ0n) is 11.0. The molecule has 3 N–H and O–H groups in total. The Morgan fingerprint density at radius 3 is 2.70 bits per heavy atom. The molecule has 7 heteroatoms. The fourth-order valence-electron chi connectivity index (χ4n) is 1.64. The van der Waals surface area contributed by atoms with Crippen molar-refractivity contribution in [2.45, 2.75) is 20.4 Å². The summed E-state index contributed by atoms with van der Waals surface area (Å²) < 4.78 is 5.37. The minimum Gasteiger partial charge on any atom is -0.444 e. The third-order valence-electron chi connectivity index (χ3n) is 2.77. The number of nitrogens with two attached hydrogens (primary N) is 1. The Labute approximate surface area is 126 Å². The van der Waals surface area contributed by atoms with Crippen molar-refractivity contribution in [2.75, 3.05) is 5.73 Å². The van der Waals surface area contributed by atoms with Gasteiger partial charge >= 0.3 is 0 Å². The van der Waals surface area contributed by atoms with Gasteiger partial charge in [0.05, 0.1) is 27.8 Å². The van der Waals surface area contributed by atoms with Crippen molar-refractivity contribution in [1.82, 2.24) is 10.3 Å². The van der Waals surface area contributed by atoms with E-state index in [0.717, 1.165) is 11.5 Å². The Morgan fingerprint density at radius 1 is 1.40 bits per heavy atom. The second-order valence-electron chi connectivity index (χ2n) is 4.30. The molecule has 1 aromatic heterocycles. The second kappa shape index (κ2) is 5.73. The number of halogens is 2. The molecule has 20 heavy (non-hydrogen) atoms. The number of nitrogens with zero attached hydrogens (tertiary/aromatic N) is 1. The third kappa shape index (κ3) is 3.05. The Bertz CT molecular complexity index is 648. The van der Waals surface area contributed by atoms with Crippen molar-refractivity contribution in [2.24, 2.45) is 0 Å². The number of aromatic nitrogens is 1. The summed E-state index contributed by atoms with van der Waals surface area (Å²) in [6.07, 6.45) is 0. The number of nitrogens with one attached hydrogen (secondary N) is 1. The summed E-state index contributed by atoms with van der Waals surface area (Å²) in [6, 6.07) is 2.96. The van der Waals surface area contributed by atoms with Gasteiger partial charge in [-0.2, -0.15) is 0 Å². The van der Waals surface area contributed by atoms with E-state index in [1.54, 1.807) is 0 Å². The van der Waals surface area contributed by atoms with Crippen LogP contribution in [0.5, 0.6) is 0 Å². The van der Waals surface area contributed by atoms with Gasteiger partial charge in [0.15, 0.2) is 0 Å². The molecule has 0 aliphatic rings. The first-order valence-electron chi connectivity index (χ1n) is 5.84. The summed E-state index contributed by atoms with van der Waals surface area (Å²) in [6.45, 7) is 3.80. The van der Waals surface area contributed by atoms with Gasteiger partial charge in [-0.15, -0.1) is 0 Å². The first-order chi connectivity index (χ1) is 9.38. The maximum absolute atomic E-state index is 12.1. The molecule has 0 fully saturated rings. The molecule has 0 spiro atoms. The van der Waals surface area contributed by atoms with Gasteiger partial charge in [-0.3, -0.25) is 4.79 Å². The molecule has 0 bridgehead atoms.